The van der Waals surface area contributed by atoms with Crippen molar-refractivity contribution in [2.45, 2.75) is 26.3 Å². The van der Waals surface area contributed by atoms with Crippen LogP contribution in [0.25, 0.3) is 0 Å². The summed E-state index contributed by atoms with van der Waals surface area (Å²) in [5, 5.41) is 2.60. The van der Waals surface area contributed by atoms with Crippen molar-refractivity contribution in [3.63, 3.8) is 0 Å². The molecule has 3 N–H and O–H groups in total. The molecule has 0 bridgehead atoms. The number of aryl methyl sites for hydroxylation is 1. The van der Waals surface area contributed by atoms with Gasteiger partial charge in [-0.05, 0) is 37.5 Å². The highest BCUT2D eigenvalue weighted by molar-refractivity contribution is 6.34. The number of halogens is 2. The first-order chi connectivity index (χ1) is 10.9. The summed E-state index contributed by atoms with van der Waals surface area (Å²) >= 11 is 6.13. The molecule has 23 heavy (non-hydrogen) atoms. The van der Waals surface area contributed by atoms with Gasteiger partial charge in [0.15, 0.2) is 0 Å². The Morgan fingerprint density at radius 3 is 2.83 bits per heavy atom. The van der Waals surface area contributed by atoms with Gasteiger partial charge in [-0.25, -0.2) is 4.39 Å². The van der Waals surface area contributed by atoms with Gasteiger partial charge in [0, 0.05) is 12.2 Å². The Labute approximate surface area is 136 Å². The van der Waals surface area contributed by atoms with Crippen molar-refractivity contribution < 1.29 is 9.18 Å². The first-order valence-electron chi connectivity index (χ1n) is 7.18. The fraction of sp³-hybridized carbons (Fsp3) is 0.250. The first kappa shape index (κ1) is 15.6. The third kappa shape index (κ3) is 2.59. The van der Waals surface area contributed by atoms with Crippen LogP contribution in [0.2, 0.25) is 5.02 Å². The fourth-order valence-corrected chi connectivity index (χ4v) is 3.12. The van der Waals surface area contributed by atoms with Crippen molar-refractivity contribution in [1.29, 1.82) is 0 Å². The SMILES string of the molecule is Cc1ccc(Nc2c(C(N)=O)c3n(c(=O)c2Cl)CCC3)c(F)c1. The number of fused-ring (bicyclic) bond motifs is 1. The zero-order valence-electron chi connectivity index (χ0n) is 12.5. The number of carbonyl (C=O) groups is 1. The molecule has 7 heteroatoms. The van der Waals surface area contributed by atoms with E-state index in [1.807, 2.05) is 0 Å². The molecule has 0 spiro atoms. The predicted octanol–water partition coefficient (Wildman–Crippen LogP) is 2.74. The molecule has 2 heterocycles. The summed E-state index contributed by atoms with van der Waals surface area (Å²) in [7, 11) is 0. The maximum atomic E-state index is 14.1. The van der Waals surface area contributed by atoms with Crippen molar-refractivity contribution in [2.75, 3.05) is 5.32 Å². The number of nitrogens with one attached hydrogen (secondary N) is 1. The number of benzene rings is 1. The van der Waals surface area contributed by atoms with Crippen LogP contribution >= 0.6 is 11.6 Å². The summed E-state index contributed by atoms with van der Waals surface area (Å²) in [6, 6.07) is 4.58. The summed E-state index contributed by atoms with van der Waals surface area (Å²) in [6.07, 6.45) is 1.28. The molecule has 0 aliphatic carbocycles. The molecule has 3 rings (SSSR count). The molecule has 0 radical (unpaired) electrons. The molecule has 0 unspecified atom stereocenters. The van der Waals surface area contributed by atoms with E-state index >= 15 is 0 Å². The molecule has 120 valence electrons. The zero-order chi connectivity index (χ0) is 16.7. The quantitative estimate of drug-likeness (QED) is 0.905. The maximum Gasteiger partial charge on any atom is 0.271 e. The molecule has 0 fully saturated rings. The van der Waals surface area contributed by atoms with Gasteiger partial charge in [0.05, 0.1) is 16.9 Å². The number of nitrogens with two attached hydrogens (primary N) is 1. The lowest BCUT2D eigenvalue weighted by molar-refractivity contribution is 0.0999. The summed E-state index contributed by atoms with van der Waals surface area (Å²) < 4.78 is 15.5. The minimum absolute atomic E-state index is 0.0695. The molecular weight excluding hydrogens is 321 g/mol. The van der Waals surface area contributed by atoms with E-state index in [0.29, 0.717) is 18.7 Å². The summed E-state index contributed by atoms with van der Waals surface area (Å²) in [6.45, 7) is 2.25. The summed E-state index contributed by atoms with van der Waals surface area (Å²) in [4.78, 5) is 24.2. The maximum absolute atomic E-state index is 14.1. The van der Waals surface area contributed by atoms with E-state index in [0.717, 1.165) is 12.0 Å². The first-order valence-corrected chi connectivity index (χ1v) is 7.56. The van der Waals surface area contributed by atoms with Crippen LogP contribution in [0.5, 0.6) is 0 Å². The monoisotopic (exact) mass is 335 g/mol. The number of amides is 1. The molecule has 2 aromatic rings. The molecule has 1 aliphatic rings. The highest BCUT2D eigenvalue weighted by Crippen LogP contribution is 2.32. The largest absolute Gasteiger partial charge is 0.365 e. The van der Waals surface area contributed by atoms with Crippen LogP contribution in [0.15, 0.2) is 23.0 Å². The second-order valence-electron chi connectivity index (χ2n) is 5.54. The number of aromatic nitrogens is 1. The second-order valence-corrected chi connectivity index (χ2v) is 5.92. The Kier molecular flexibility index (Phi) is 3.85. The molecule has 1 amide bonds. The highest BCUT2D eigenvalue weighted by atomic mass is 35.5. The van der Waals surface area contributed by atoms with E-state index < -0.39 is 17.3 Å². The van der Waals surface area contributed by atoms with Gasteiger partial charge in [-0.15, -0.1) is 0 Å². The number of nitrogens with zero attached hydrogens (tertiary/aromatic N) is 1. The Bertz CT molecular complexity index is 877. The Morgan fingerprint density at radius 2 is 2.17 bits per heavy atom. The van der Waals surface area contributed by atoms with E-state index in [9.17, 15) is 14.0 Å². The minimum Gasteiger partial charge on any atom is -0.365 e. The van der Waals surface area contributed by atoms with Crippen molar-refractivity contribution in [3.8, 4) is 0 Å². The standard InChI is InChI=1S/C16H15ClFN3O2/c1-8-4-5-10(9(18)7-8)20-14-12(15(19)22)11-3-2-6-21(11)16(23)13(14)17/h4-5,7,20H,2-3,6H2,1H3,(H2,19,22). The van der Waals surface area contributed by atoms with E-state index in [-0.39, 0.29) is 22.0 Å². The molecule has 0 atom stereocenters. The van der Waals surface area contributed by atoms with E-state index in [4.69, 9.17) is 17.3 Å². The number of anilines is 2. The number of carbonyl (C=O) groups excluding carboxylic acids is 1. The summed E-state index contributed by atoms with van der Waals surface area (Å²) in [5.41, 5.74) is 6.71. The minimum atomic E-state index is -0.701. The third-order valence-corrected chi connectivity index (χ3v) is 4.29. The van der Waals surface area contributed by atoms with Gasteiger partial charge in [-0.1, -0.05) is 17.7 Å². The van der Waals surface area contributed by atoms with Crippen LogP contribution in [0.1, 0.15) is 28.0 Å². The number of hydrogen-bond donors (Lipinski definition) is 2. The molecule has 0 saturated heterocycles. The van der Waals surface area contributed by atoms with Crippen molar-refractivity contribution >= 4 is 28.9 Å². The normalized spacial score (nSPS) is 13.0. The van der Waals surface area contributed by atoms with E-state index in [1.54, 1.807) is 13.0 Å². The highest BCUT2D eigenvalue weighted by Gasteiger charge is 2.27. The van der Waals surface area contributed by atoms with Gasteiger partial charge >= 0.3 is 0 Å². The Balaban J connectivity index is 2.21. The van der Waals surface area contributed by atoms with Crippen molar-refractivity contribution in [3.05, 3.63) is 56.2 Å². The van der Waals surface area contributed by atoms with Gasteiger partial charge in [0.25, 0.3) is 11.5 Å². The number of pyridine rings is 1. The van der Waals surface area contributed by atoms with Crippen LogP contribution in [-0.2, 0) is 13.0 Å². The average molecular weight is 336 g/mol. The Morgan fingerprint density at radius 1 is 1.43 bits per heavy atom. The van der Waals surface area contributed by atoms with Crippen LogP contribution in [-0.4, -0.2) is 10.5 Å². The lowest BCUT2D eigenvalue weighted by Crippen LogP contribution is -2.27. The number of rotatable bonds is 3. The third-order valence-electron chi connectivity index (χ3n) is 3.94. The lowest BCUT2D eigenvalue weighted by Gasteiger charge is -2.17. The van der Waals surface area contributed by atoms with Gasteiger partial charge in [0.1, 0.15) is 10.8 Å². The lowest BCUT2D eigenvalue weighted by atomic mass is 10.1. The number of primary amides is 1. The van der Waals surface area contributed by atoms with E-state index in [2.05, 4.69) is 5.32 Å². The van der Waals surface area contributed by atoms with Crippen LogP contribution in [0, 0.1) is 12.7 Å². The molecule has 5 nitrogen and oxygen atoms in total. The molecule has 1 aliphatic heterocycles. The molecule has 1 aromatic carbocycles. The zero-order valence-corrected chi connectivity index (χ0v) is 13.2. The molecular formula is C16H15ClFN3O2. The molecule has 1 aromatic heterocycles. The van der Waals surface area contributed by atoms with Gasteiger partial charge in [-0.3, -0.25) is 9.59 Å². The van der Waals surface area contributed by atoms with Crippen LogP contribution in [0.3, 0.4) is 0 Å². The van der Waals surface area contributed by atoms with E-state index in [1.165, 1.54) is 16.7 Å². The molecule has 0 saturated carbocycles. The Hall–Kier alpha value is -2.34. The van der Waals surface area contributed by atoms with Gasteiger partial charge < -0.3 is 15.6 Å². The second kappa shape index (κ2) is 5.70. The summed E-state index contributed by atoms with van der Waals surface area (Å²) in [5.74, 6) is -1.20. The fourth-order valence-electron chi connectivity index (χ4n) is 2.88. The number of hydrogen-bond acceptors (Lipinski definition) is 3. The van der Waals surface area contributed by atoms with Crippen LogP contribution < -0.4 is 16.6 Å². The topological polar surface area (TPSA) is 77.1 Å². The average Bonchev–Trinajstić information content (AvgIpc) is 2.96. The predicted molar refractivity (Wildman–Crippen MR) is 87.0 cm³/mol. The van der Waals surface area contributed by atoms with Gasteiger partial charge in [-0.2, -0.15) is 0 Å². The van der Waals surface area contributed by atoms with Crippen LogP contribution in [0.4, 0.5) is 15.8 Å². The van der Waals surface area contributed by atoms with Crippen molar-refractivity contribution in [1.82, 2.24) is 4.57 Å². The van der Waals surface area contributed by atoms with Gasteiger partial charge in [0.2, 0.25) is 0 Å². The van der Waals surface area contributed by atoms with Crippen molar-refractivity contribution in [2.24, 2.45) is 5.73 Å². The smallest absolute Gasteiger partial charge is 0.271 e.